The van der Waals surface area contributed by atoms with Crippen molar-refractivity contribution in [3.05, 3.63) is 64.7 Å². The highest BCUT2D eigenvalue weighted by Gasteiger charge is 2.28. The highest BCUT2D eigenvalue weighted by atomic mass is 16.5. The van der Waals surface area contributed by atoms with Gasteiger partial charge >= 0.3 is 0 Å². The molecular weight excluding hydrogens is 248 g/mol. The van der Waals surface area contributed by atoms with E-state index in [1.807, 2.05) is 18.2 Å². The van der Waals surface area contributed by atoms with Crippen molar-refractivity contribution in [1.82, 2.24) is 0 Å². The van der Waals surface area contributed by atoms with Crippen molar-refractivity contribution in [2.45, 2.75) is 25.2 Å². The maximum atomic E-state index is 12.4. The third-order valence-electron chi connectivity index (χ3n) is 4.40. The second-order valence-electron chi connectivity index (χ2n) is 5.65. The largest absolute Gasteiger partial charge is 0.493 e. The molecule has 0 radical (unpaired) electrons. The Morgan fingerprint density at radius 2 is 2.05 bits per heavy atom. The molecule has 20 heavy (non-hydrogen) atoms. The Morgan fingerprint density at radius 3 is 2.95 bits per heavy atom. The van der Waals surface area contributed by atoms with Gasteiger partial charge in [-0.2, -0.15) is 0 Å². The molecule has 2 aromatic rings. The number of carbonyl (C=O) groups is 1. The van der Waals surface area contributed by atoms with E-state index in [0.29, 0.717) is 12.3 Å². The zero-order valence-corrected chi connectivity index (χ0v) is 11.3. The molecule has 2 aliphatic rings. The smallest absolute Gasteiger partial charge is 0.163 e. The third-order valence-corrected chi connectivity index (χ3v) is 4.40. The molecule has 1 heterocycles. The summed E-state index contributed by atoms with van der Waals surface area (Å²) in [5.41, 5.74) is 4.75. The van der Waals surface area contributed by atoms with E-state index in [2.05, 4.69) is 24.3 Å². The summed E-state index contributed by atoms with van der Waals surface area (Å²) in [6, 6.07) is 14.3. The minimum atomic E-state index is 0.249. The van der Waals surface area contributed by atoms with Crippen LogP contribution in [0.5, 0.6) is 5.75 Å². The zero-order valence-electron chi connectivity index (χ0n) is 11.3. The van der Waals surface area contributed by atoms with Crippen LogP contribution in [0.2, 0.25) is 0 Å². The average molecular weight is 264 g/mol. The predicted octanol–water partition coefficient (Wildman–Crippen LogP) is 3.53. The fraction of sp³-hybridized carbons (Fsp3) is 0.278. The van der Waals surface area contributed by atoms with Gasteiger partial charge in [-0.1, -0.05) is 24.3 Å². The van der Waals surface area contributed by atoms with Crippen molar-refractivity contribution in [3.8, 4) is 5.75 Å². The number of Topliss-reactive ketones (excluding diaryl/α,β-unsaturated/α-hetero) is 1. The maximum absolute atomic E-state index is 12.4. The van der Waals surface area contributed by atoms with Gasteiger partial charge in [0, 0.05) is 18.4 Å². The minimum Gasteiger partial charge on any atom is -0.493 e. The van der Waals surface area contributed by atoms with Gasteiger partial charge in [0.15, 0.2) is 5.78 Å². The van der Waals surface area contributed by atoms with Gasteiger partial charge in [-0.05, 0) is 47.2 Å². The first kappa shape index (κ1) is 11.7. The second-order valence-corrected chi connectivity index (χ2v) is 5.65. The molecule has 2 nitrogen and oxygen atoms in total. The van der Waals surface area contributed by atoms with Crippen molar-refractivity contribution >= 4 is 5.78 Å². The molecule has 1 unspecified atom stereocenters. The molecule has 0 aromatic heterocycles. The van der Waals surface area contributed by atoms with E-state index < -0.39 is 0 Å². The summed E-state index contributed by atoms with van der Waals surface area (Å²) in [6.45, 7) is 0.739. The van der Waals surface area contributed by atoms with Gasteiger partial charge in [-0.3, -0.25) is 4.79 Å². The Labute approximate surface area is 118 Å². The van der Waals surface area contributed by atoms with Crippen molar-refractivity contribution in [3.63, 3.8) is 0 Å². The monoisotopic (exact) mass is 264 g/mol. The molecule has 1 aliphatic carbocycles. The molecule has 0 saturated heterocycles. The number of carbonyl (C=O) groups excluding carboxylic acids is 1. The molecule has 0 bridgehead atoms. The van der Waals surface area contributed by atoms with Gasteiger partial charge < -0.3 is 4.74 Å². The van der Waals surface area contributed by atoms with Crippen LogP contribution in [0.15, 0.2) is 42.5 Å². The summed E-state index contributed by atoms with van der Waals surface area (Å²) >= 11 is 0. The number of hydrogen-bond donors (Lipinski definition) is 0. The molecular formula is C18H16O2. The minimum absolute atomic E-state index is 0.249. The lowest BCUT2D eigenvalue weighted by molar-refractivity contribution is 0.0970. The van der Waals surface area contributed by atoms with Crippen molar-refractivity contribution < 1.29 is 9.53 Å². The SMILES string of the molecule is O=C(CC1Cc2ccccc21)c1ccc2c(c1)CCO2. The van der Waals surface area contributed by atoms with Crippen LogP contribution >= 0.6 is 0 Å². The number of hydrogen-bond acceptors (Lipinski definition) is 2. The summed E-state index contributed by atoms with van der Waals surface area (Å²) in [5.74, 6) is 1.60. The summed E-state index contributed by atoms with van der Waals surface area (Å²) in [5, 5.41) is 0. The van der Waals surface area contributed by atoms with E-state index in [-0.39, 0.29) is 5.78 Å². The van der Waals surface area contributed by atoms with E-state index >= 15 is 0 Å². The first-order valence-electron chi connectivity index (χ1n) is 7.18. The van der Waals surface area contributed by atoms with Crippen LogP contribution in [0.3, 0.4) is 0 Å². The van der Waals surface area contributed by atoms with E-state index in [4.69, 9.17) is 4.74 Å². The van der Waals surface area contributed by atoms with Crippen LogP contribution in [-0.4, -0.2) is 12.4 Å². The molecule has 1 aliphatic heterocycles. The summed E-state index contributed by atoms with van der Waals surface area (Å²) < 4.78 is 5.48. The fourth-order valence-electron chi connectivity index (χ4n) is 3.25. The quantitative estimate of drug-likeness (QED) is 0.793. The summed E-state index contributed by atoms with van der Waals surface area (Å²) in [4.78, 5) is 12.4. The molecule has 0 fully saturated rings. The molecule has 0 N–H and O–H groups in total. The highest BCUT2D eigenvalue weighted by Crippen LogP contribution is 2.38. The summed E-state index contributed by atoms with van der Waals surface area (Å²) in [7, 11) is 0. The second kappa shape index (κ2) is 4.48. The topological polar surface area (TPSA) is 26.3 Å². The highest BCUT2D eigenvalue weighted by molar-refractivity contribution is 5.97. The lowest BCUT2D eigenvalue weighted by Gasteiger charge is -2.29. The number of rotatable bonds is 3. The van der Waals surface area contributed by atoms with Crippen LogP contribution in [0.25, 0.3) is 0 Å². The average Bonchev–Trinajstić information content (AvgIpc) is 2.92. The molecule has 4 rings (SSSR count). The van der Waals surface area contributed by atoms with Crippen LogP contribution in [0, 0.1) is 0 Å². The molecule has 0 amide bonds. The molecule has 0 spiro atoms. The molecule has 0 saturated carbocycles. The van der Waals surface area contributed by atoms with Gasteiger partial charge in [0.2, 0.25) is 0 Å². The first-order chi connectivity index (χ1) is 9.81. The Morgan fingerprint density at radius 1 is 1.15 bits per heavy atom. The van der Waals surface area contributed by atoms with Gasteiger partial charge in [0.25, 0.3) is 0 Å². The van der Waals surface area contributed by atoms with E-state index in [1.54, 1.807) is 0 Å². The lowest BCUT2D eigenvalue weighted by atomic mass is 9.74. The predicted molar refractivity (Wildman–Crippen MR) is 77.5 cm³/mol. The van der Waals surface area contributed by atoms with Crippen molar-refractivity contribution in [2.24, 2.45) is 0 Å². The molecule has 100 valence electrons. The Hall–Kier alpha value is -2.09. The Balaban J connectivity index is 1.52. The van der Waals surface area contributed by atoms with E-state index in [9.17, 15) is 4.79 Å². The Kier molecular flexibility index (Phi) is 2.62. The normalized spacial score (nSPS) is 18.7. The number of ketones is 1. The van der Waals surface area contributed by atoms with Crippen LogP contribution < -0.4 is 4.74 Å². The van der Waals surface area contributed by atoms with Crippen LogP contribution in [0.1, 0.15) is 39.4 Å². The molecule has 1 atom stereocenters. The Bertz CT molecular complexity index is 688. The first-order valence-corrected chi connectivity index (χ1v) is 7.18. The van der Waals surface area contributed by atoms with Gasteiger partial charge in [0.1, 0.15) is 5.75 Å². The lowest BCUT2D eigenvalue weighted by Crippen LogP contribution is -2.20. The maximum Gasteiger partial charge on any atom is 0.163 e. The van der Waals surface area contributed by atoms with Crippen molar-refractivity contribution in [1.29, 1.82) is 0 Å². The standard InChI is InChI=1S/C18H16O2/c19-17(11-15-9-12-3-1-2-4-16(12)15)13-5-6-18-14(10-13)7-8-20-18/h1-6,10,15H,7-9,11H2. The van der Waals surface area contributed by atoms with Crippen molar-refractivity contribution in [2.75, 3.05) is 6.61 Å². The van der Waals surface area contributed by atoms with E-state index in [0.717, 1.165) is 30.8 Å². The number of benzene rings is 2. The number of ether oxygens (including phenoxy) is 1. The third kappa shape index (κ3) is 1.83. The summed E-state index contributed by atoms with van der Waals surface area (Å²) in [6.07, 6.45) is 2.58. The van der Waals surface area contributed by atoms with E-state index in [1.165, 1.54) is 16.7 Å². The fourth-order valence-corrected chi connectivity index (χ4v) is 3.25. The molecule has 2 heteroatoms. The van der Waals surface area contributed by atoms with Crippen LogP contribution in [-0.2, 0) is 12.8 Å². The van der Waals surface area contributed by atoms with Crippen LogP contribution in [0.4, 0.5) is 0 Å². The van der Waals surface area contributed by atoms with Gasteiger partial charge in [-0.15, -0.1) is 0 Å². The van der Waals surface area contributed by atoms with Gasteiger partial charge in [0.05, 0.1) is 6.61 Å². The van der Waals surface area contributed by atoms with Gasteiger partial charge in [-0.25, -0.2) is 0 Å². The zero-order chi connectivity index (χ0) is 13.5. The molecule has 2 aromatic carbocycles. The number of fused-ring (bicyclic) bond motifs is 2.